The standard InChI is InChI=1S/C14H18N4O/c15-11-6-7-13-16-17-14(18(13)10-11)8-9-19-12-4-2-1-3-5-12/h1-5,11H,6-10,15H2. The van der Waals surface area contributed by atoms with Crippen molar-refractivity contribution in [3.8, 4) is 5.75 Å². The smallest absolute Gasteiger partial charge is 0.136 e. The van der Waals surface area contributed by atoms with Gasteiger partial charge in [-0.05, 0) is 18.6 Å². The van der Waals surface area contributed by atoms with E-state index in [0.717, 1.165) is 43.2 Å². The SMILES string of the molecule is NC1CCc2nnc(CCOc3ccccc3)n2C1. The summed E-state index contributed by atoms with van der Waals surface area (Å²) in [5.41, 5.74) is 5.99. The van der Waals surface area contributed by atoms with Crippen LogP contribution >= 0.6 is 0 Å². The second-order valence-corrected chi connectivity index (χ2v) is 4.85. The molecule has 3 rings (SSSR count). The number of aromatic nitrogens is 3. The van der Waals surface area contributed by atoms with Gasteiger partial charge in [0.15, 0.2) is 0 Å². The molecule has 0 fully saturated rings. The molecule has 2 heterocycles. The van der Waals surface area contributed by atoms with Crippen molar-refractivity contribution >= 4 is 0 Å². The van der Waals surface area contributed by atoms with E-state index in [1.165, 1.54) is 0 Å². The Morgan fingerprint density at radius 3 is 2.95 bits per heavy atom. The number of nitrogens with two attached hydrogens (primary N) is 1. The monoisotopic (exact) mass is 258 g/mol. The number of hydrogen-bond donors (Lipinski definition) is 1. The van der Waals surface area contributed by atoms with Crippen LogP contribution in [0.3, 0.4) is 0 Å². The van der Waals surface area contributed by atoms with Crippen molar-refractivity contribution < 1.29 is 4.74 Å². The molecule has 1 atom stereocenters. The number of aryl methyl sites for hydroxylation is 1. The Morgan fingerprint density at radius 2 is 2.11 bits per heavy atom. The van der Waals surface area contributed by atoms with Crippen molar-refractivity contribution in [2.75, 3.05) is 6.61 Å². The van der Waals surface area contributed by atoms with Crippen LogP contribution in [0.25, 0.3) is 0 Å². The van der Waals surface area contributed by atoms with Crippen molar-refractivity contribution in [2.45, 2.75) is 31.8 Å². The summed E-state index contributed by atoms with van der Waals surface area (Å²) in [5, 5.41) is 8.46. The van der Waals surface area contributed by atoms with Gasteiger partial charge in [0.05, 0.1) is 6.61 Å². The van der Waals surface area contributed by atoms with Gasteiger partial charge in [0.2, 0.25) is 0 Å². The molecule has 1 aromatic heterocycles. The summed E-state index contributed by atoms with van der Waals surface area (Å²) in [4.78, 5) is 0. The van der Waals surface area contributed by atoms with Gasteiger partial charge in [-0.15, -0.1) is 10.2 Å². The van der Waals surface area contributed by atoms with Gasteiger partial charge in [0, 0.05) is 25.4 Å². The molecular formula is C14H18N4O. The average Bonchev–Trinajstić information content (AvgIpc) is 2.83. The Bertz CT molecular complexity index is 538. The zero-order chi connectivity index (χ0) is 13.1. The van der Waals surface area contributed by atoms with E-state index >= 15 is 0 Å². The molecule has 0 amide bonds. The highest BCUT2D eigenvalue weighted by molar-refractivity contribution is 5.20. The van der Waals surface area contributed by atoms with E-state index in [4.69, 9.17) is 10.5 Å². The third-order valence-electron chi connectivity index (χ3n) is 3.40. The number of fused-ring (bicyclic) bond motifs is 1. The maximum Gasteiger partial charge on any atom is 0.136 e. The minimum absolute atomic E-state index is 0.220. The van der Waals surface area contributed by atoms with Gasteiger partial charge in [-0.2, -0.15) is 0 Å². The topological polar surface area (TPSA) is 66.0 Å². The molecule has 1 aliphatic heterocycles. The number of ether oxygens (including phenoxy) is 1. The summed E-state index contributed by atoms with van der Waals surface area (Å²) in [6, 6.07) is 10.0. The maximum absolute atomic E-state index is 5.99. The lowest BCUT2D eigenvalue weighted by Gasteiger charge is -2.20. The minimum atomic E-state index is 0.220. The number of nitrogens with zero attached hydrogens (tertiary/aromatic N) is 3. The van der Waals surface area contributed by atoms with Gasteiger partial charge in [-0.25, -0.2) is 0 Å². The molecule has 0 aliphatic carbocycles. The van der Waals surface area contributed by atoms with E-state index in [2.05, 4.69) is 14.8 Å². The Morgan fingerprint density at radius 1 is 1.26 bits per heavy atom. The molecule has 100 valence electrons. The first-order chi connectivity index (χ1) is 9.33. The summed E-state index contributed by atoms with van der Waals surface area (Å²) >= 11 is 0. The van der Waals surface area contributed by atoms with Gasteiger partial charge in [0.1, 0.15) is 17.4 Å². The zero-order valence-electron chi connectivity index (χ0n) is 10.8. The van der Waals surface area contributed by atoms with E-state index in [-0.39, 0.29) is 6.04 Å². The van der Waals surface area contributed by atoms with Crippen molar-refractivity contribution in [1.29, 1.82) is 0 Å². The Kier molecular flexibility index (Phi) is 3.46. The van der Waals surface area contributed by atoms with E-state index in [9.17, 15) is 0 Å². The fourth-order valence-corrected chi connectivity index (χ4v) is 2.37. The van der Waals surface area contributed by atoms with Crippen molar-refractivity contribution in [2.24, 2.45) is 5.73 Å². The third kappa shape index (κ3) is 2.76. The van der Waals surface area contributed by atoms with Gasteiger partial charge < -0.3 is 15.0 Å². The molecule has 5 nitrogen and oxygen atoms in total. The summed E-state index contributed by atoms with van der Waals surface area (Å²) < 4.78 is 7.83. The number of rotatable bonds is 4. The predicted octanol–water partition coefficient (Wildman–Crippen LogP) is 1.17. The molecule has 2 N–H and O–H groups in total. The molecule has 0 radical (unpaired) electrons. The molecule has 5 heteroatoms. The second-order valence-electron chi connectivity index (χ2n) is 4.85. The number of hydrogen-bond acceptors (Lipinski definition) is 4. The summed E-state index contributed by atoms with van der Waals surface area (Å²) in [7, 11) is 0. The Hall–Kier alpha value is -1.88. The molecule has 1 aliphatic rings. The van der Waals surface area contributed by atoms with E-state index in [1.807, 2.05) is 30.3 Å². The van der Waals surface area contributed by atoms with Crippen molar-refractivity contribution in [3.05, 3.63) is 42.0 Å². The molecule has 0 saturated heterocycles. The summed E-state index contributed by atoms with van der Waals surface area (Å²) in [5.74, 6) is 2.91. The Labute approximate surface area is 112 Å². The molecule has 0 bridgehead atoms. The second kappa shape index (κ2) is 5.40. The molecule has 1 unspecified atom stereocenters. The van der Waals surface area contributed by atoms with Gasteiger partial charge in [-0.3, -0.25) is 0 Å². The highest BCUT2D eigenvalue weighted by Crippen LogP contribution is 2.15. The normalized spacial score (nSPS) is 18.1. The number of benzene rings is 1. The van der Waals surface area contributed by atoms with Crippen LogP contribution in [0.2, 0.25) is 0 Å². The first kappa shape index (κ1) is 12.2. The fraction of sp³-hybridized carbons (Fsp3) is 0.429. The van der Waals surface area contributed by atoms with E-state index in [1.54, 1.807) is 0 Å². The van der Waals surface area contributed by atoms with Gasteiger partial charge >= 0.3 is 0 Å². The van der Waals surface area contributed by atoms with Gasteiger partial charge in [0.25, 0.3) is 0 Å². The molecule has 0 spiro atoms. The average molecular weight is 258 g/mol. The van der Waals surface area contributed by atoms with E-state index < -0.39 is 0 Å². The quantitative estimate of drug-likeness (QED) is 0.894. The van der Waals surface area contributed by atoms with Crippen LogP contribution in [0.5, 0.6) is 5.75 Å². The van der Waals surface area contributed by atoms with Crippen molar-refractivity contribution in [1.82, 2.24) is 14.8 Å². The fourth-order valence-electron chi connectivity index (χ4n) is 2.37. The highest BCUT2D eigenvalue weighted by Gasteiger charge is 2.20. The largest absolute Gasteiger partial charge is 0.493 e. The maximum atomic E-state index is 5.99. The zero-order valence-corrected chi connectivity index (χ0v) is 10.8. The predicted molar refractivity (Wildman–Crippen MR) is 72.0 cm³/mol. The van der Waals surface area contributed by atoms with Crippen LogP contribution in [0.4, 0.5) is 0 Å². The lowest BCUT2D eigenvalue weighted by molar-refractivity contribution is 0.314. The summed E-state index contributed by atoms with van der Waals surface area (Å²) in [6.07, 6.45) is 2.68. The molecular weight excluding hydrogens is 240 g/mol. The number of para-hydroxylation sites is 1. The lowest BCUT2D eigenvalue weighted by Crippen LogP contribution is -2.33. The van der Waals surface area contributed by atoms with Crippen LogP contribution in [-0.4, -0.2) is 27.4 Å². The molecule has 19 heavy (non-hydrogen) atoms. The third-order valence-corrected chi connectivity index (χ3v) is 3.40. The van der Waals surface area contributed by atoms with E-state index in [0.29, 0.717) is 6.61 Å². The first-order valence-electron chi connectivity index (χ1n) is 6.67. The lowest BCUT2D eigenvalue weighted by atomic mass is 10.1. The van der Waals surface area contributed by atoms with Gasteiger partial charge in [-0.1, -0.05) is 18.2 Å². The molecule has 1 aromatic carbocycles. The molecule has 0 saturated carbocycles. The Balaban J connectivity index is 1.60. The highest BCUT2D eigenvalue weighted by atomic mass is 16.5. The van der Waals surface area contributed by atoms with Crippen LogP contribution in [0.15, 0.2) is 30.3 Å². The van der Waals surface area contributed by atoms with Crippen LogP contribution in [0.1, 0.15) is 18.1 Å². The van der Waals surface area contributed by atoms with Crippen molar-refractivity contribution in [3.63, 3.8) is 0 Å². The van der Waals surface area contributed by atoms with Crippen LogP contribution in [0, 0.1) is 0 Å². The minimum Gasteiger partial charge on any atom is -0.493 e. The first-order valence-corrected chi connectivity index (χ1v) is 6.67. The van der Waals surface area contributed by atoms with Crippen LogP contribution < -0.4 is 10.5 Å². The molecule has 2 aromatic rings. The van der Waals surface area contributed by atoms with Crippen LogP contribution in [-0.2, 0) is 19.4 Å². The summed E-state index contributed by atoms with van der Waals surface area (Å²) in [6.45, 7) is 1.43.